The van der Waals surface area contributed by atoms with Gasteiger partial charge >= 0.3 is 0 Å². The highest BCUT2D eigenvalue weighted by molar-refractivity contribution is 9.10. The first-order chi connectivity index (χ1) is 10.1. The van der Waals surface area contributed by atoms with E-state index < -0.39 is 0 Å². The number of ether oxygens (including phenoxy) is 1. The molecule has 0 amide bonds. The number of aromatic nitrogens is 1. The van der Waals surface area contributed by atoms with Crippen LogP contribution in [0, 0.1) is 0 Å². The third-order valence-electron chi connectivity index (χ3n) is 3.62. The van der Waals surface area contributed by atoms with Crippen molar-refractivity contribution < 1.29 is 4.74 Å². The molecule has 1 N–H and O–H groups in total. The van der Waals surface area contributed by atoms with E-state index in [1.54, 1.807) is 0 Å². The predicted octanol–water partition coefficient (Wildman–Crippen LogP) is 3.85. The van der Waals surface area contributed by atoms with Crippen molar-refractivity contribution in [1.29, 1.82) is 0 Å². The maximum atomic E-state index is 5.74. The number of pyridine rings is 1. The molecule has 2 heterocycles. The van der Waals surface area contributed by atoms with E-state index in [-0.39, 0.29) is 6.04 Å². The number of hydrogen-bond acceptors (Lipinski definition) is 4. The molecule has 110 valence electrons. The summed E-state index contributed by atoms with van der Waals surface area (Å²) in [4.78, 5) is 6.33. The first-order valence-corrected chi connectivity index (χ1v) is 7.74. The van der Waals surface area contributed by atoms with E-state index in [1.807, 2.05) is 44.7 Å². The lowest BCUT2D eigenvalue weighted by molar-refractivity contribution is 0.274. The summed E-state index contributed by atoms with van der Waals surface area (Å²) in [6.45, 7) is 0.726. The van der Waals surface area contributed by atoms with Crippen LogP contribution < -0.4 is 15.0 Å². The average Bonchev–Trinajstić information content (AvgIpc) is 2.48. The number of halogens is 1. The minimum absolute atomic E-state index is 0.231. The Bertz CT molecular complexity index is 645. The second-order valence-corrected chi connectivity index (χ2v) is 6.22. The zero-order valence-corrected chi connectivity index (χ0v) is 13.7. The van der Waals surface area contributed by atoms with Gasteiger partial charge in [-0.15, -0.1) is 0 Å². The smallest absolute Gasteiger partial charge is 0.124 e. The molecular formula is C16H18BrN3O. The Morgan fingerprint density at radius 3 is 3.00 bits per heavy atom. The van der Waals surface area contributed by atoms with Gasteiger partial charge in [0.2, 0.25) is 0 Å². The van der Waals surface area contributed by atoms with E-state index in [9.17, 15) is 0 Å². The lowest BCUT2D eigenvalue weighted by atomic mass is 10.0. The van der Waals surface area contributed by atoms with Gasteiger partial charge in [-0.1, -0.05) is 15.9 Å². The van der Waals surface area contributed by atoms with E-state index in [0.717, 1.165) is 34.6 Å². The molecular weight excluding hydrogens is 330 g/mol. The number of nitrogens with zero attached hydrogens (tertiary/aromatic N) is 2. The second kappa shape index (κ2) is 5.93. The first kappa shape index (κ1) is 14.2. The van der Waals surface area contributed by atoms with E-state index in [1.165, 1.54) is 5.56 Å². The molecule has 0 spiro atoms. The van der Waals surface area contributed by atoms with Crippen molar-refractivity contribution in [3.63, 3.8) is 0 Å². The van der Waals surface area contributed by atoms with Crippen LogP contribution in [-0.4, -0.2) is 25.7 Å². The van der Waals surface area contributed by atoms with E-state index in [2.05, 4.69) is 37.2 Å². The van der Waals surface area contributed by atoms with Crippen LogP contribution in [0.1, 0.15) is 18.0 Å². The third kappa shape index (κ3) is 2.97. The largest absolute Gasteiger partial charge is 0.493 e. The molecule has 1 aromatic carbocycles. The van der Waals surface area contributed by atoms with Gasteiger partial charge in [-0.25, -0.2) is 0 Å². The summed E-state index contributed by atoms with van der Waals surface area (Å²) in [5, 5.41) is 3.61. The maximum Gasteiger partial charge on any atom is 0.124 e. The van der Waals surface area contributed by atoms with Crippen molar-refractivity contribution in [2.24, 2.45) is 0 Å². The molecule has 0 saturated heterocycles. The summed E-state index contributed by atoms with van der Waals surface area (Å²) in [6.07, 6.45) is 4.63. The van der Waals surface area contributed by atoms with Gasteiger partial charge in [0, 0.05) is 36.7 Å². The molecule has 21 heavy (non-hydrogen) atoms. The molecule has 1 aliphatic heterocycles. The van der Waals surface area contributed by atoms with Gasteiger partial charge in [0.05, 0.1) is 30.2 Å². The van der Waals surface area contributed by atoms with Gasteiger partial charge in [-0.2, -0.15) is 0 Å². The van der Waals surface area contributed by atoms with Crippen molar-refractivity contribution >= 4 is 27.3 Å². The minimum Gasteiger partial charge on any atom is -0.493 e. The molecule has 1 aliphatic rings. The van der Waals surface area contributed by atoms with E-state index >= 15 is 0 Å². The normalized spacial score (nSPS) is 16.8. The Kier molecular flexibility index (Phi) is 4.01. The Morgan fingerprint density at radius 1 is 1.33 bits per heavy atom. The monoisotopic (exact) mass is 347 g/mol. The van der Waals surface area contributed by atoms with E-state index in [4.69, 9.17) is 4.74 Å². The molecule has 1 aromatic heterocycles. The number of rotatable bonds is 3. The lowest BCUT2D eigenvalue weighted by Crippen LogP contribution is -2.22. The first-order valence-electron chi connectivity index (χ1n) is 6.95. The number of fused-ring (bicyclic) bond motifs is 1. The lowest BCUT2D eigenvalue weighted by Gasteiger charge is -2.29. The van der Waals surface area contributed by atoms with E-state index in [0.29, 0.717) is 0 Å². The molecule has 2 aromatic rings. The number of hydrogen-bond donors (Lipinski definition) is 1. The molecule has 3 rings (SSSR count). The summed E-state index contributed by atoms with van der Waals surface area (Å²) in [7, 11) is 4.07. The fourth-order valence-corrected chi connectivity index (χ4v) is 2.97. The standard InChI is InChI=1S/C16H18BrN3O/c1-20(2)15-5-7-18-10-14(15)19-13-6-8-21-16-4-3-11(17)9-12(13)16/h3-5,7,9-10,13,19H,6,8H2,1-2H3. The third-order valence-corrected chi connectivity index (χ3v) is 4.11. The Balaban J connectivity index is 1.92. The van der Waals surface area contributed by atoms with Gasteiger partial charge in [0.1, 0.15) is 5.75 Å². The van der Waals surface area contributed by atoms with Crippen LogP contribution in [0.25, 0.3) is 0 Å². The maximum absolute atomic E-state index is 5.74. The van der Waals surface area contributed by atoms with Crippen LogP contribution >= 0.6 is 15.9 Å². The van der Waals surface area contributed by atoms with Crippen LogP contribution in [0.4, 0.5) is 11.4 Å². The molecule has 0 radical (unpaired) electrons. The molecule has 1 unspecified atom stereocenters. The molecule has 0 bridgehead atoms. The molecule has 0 aliphatic carbocycles. The number of benzene rings is 1. The van der Waals surface area contributed by atoms with Crippen LogP contribution in [0.5, 0.6) is 5.75 Å². The Morgan fingerprint density at radius 2 is 2.19 bits per heavy atom. The van der Waals surface area contributed by atoms with Gasteiger partial charge in [0.15, 0.2) is 0 Å². The van der Waals surface area contributed by atoms with Crippen LogP contribution in [0.3, 0.4) is 0 Å². The van der Waals surface area contributed by atoms with Crippen molar-refractivity contribution in [3.8, 4) is 5.75 Å². The van der Waals surface area contributed by atoms with Gasteiger partial charge < -0.3 is 15.0 Å². The highest BCUT2D eigenvalue weighted by Gasteiger charge is 2.22. The second-order valence-electron chi connectivity index (χ2n) is 5.30. The minimum atomic E-state index is 0.231. The number of nitrogens with one attached hydrogen (secondary N) is 1. The molecule has 0 fully saturated rings. The summed E-state index contributed by atoms with van der Waals surface area (Å²) in [6, 6.07) is 8.40. The summed E-state index contributed by atoms with van der Waals surface area (Å²) in [5.41, 5.74) is 3.36. The van der Waals surface area contributed by atoms with Gasteiger partial charge in [-0.3, -0.25) is 4.98 Å². The topological polar surface area (TPSA) is 37.4 Å². The number of anilines is 2. The summed E-state index contributed by atoms with van der Waals surface area (Å²) in [5.74, 6) is 0.956. The zero-order chi connectivity index (χ0) is 14.8. The zero-order valence-electron chi connectivity index (χ0n) is 12.1. The van der Waals surface area contributed by atoms with Crippen molar-refractivity contribution in [1.82, 2.24) is 4.98 Å². The van der Waals surface area contributed by atoms with Crippen molar-refractivity contribution in [3.05, 3.63) is 46.7 Å². The molecule has 1 atom stereocenters. The van der Waals surface area contributed by atoms with Gasteiger partial charge in [-0.05, 0) is 24.3 Å². The Labute approximate surface area is 133 Å². The molecule has 5 heteroatoms. The molecule has 4 nitrogen and oxygen atoms in total. The predicted molar refractivity (Wildman–Crippen MR) is 89.2 cm³/mol. The SMILES string of the molecule is CN(C)c1ccncc1NC1CCOc2ccc(Br)cc21. The van der Waals surface area contributed by atoms with Crippen molar-refractivity contribution in [2.75, 3.05) is 30.9 Å². The highest BCUT2D eigenvalue weighted by Crippen LogP contribution is 2.37. The highest BCUT2D eigenvalue weighted by atomic mass is 79.9. The molecule has 0 saturated carbocycles. The van der Waals surface area contributed by atoms with Crippen LogP contribution in [-0.2, 0) is 0 Å². The fourth-order valence-electron chi connectivity index (χ4n) is 2.59. The summed E-state index contributed by atoms with van der Waals surface area (Å²) >= 11 is 3.54. The van der Waals surface area contributed by atoms with Crippen LogP contribution in [0.15, 0.2) is 41.1 Å². The quantitative estimate of drug-likeness (QED) is 0.914. The van der Waals surface area contributed by atoms with Gasteiger partial charge in [0.25, 0.3) is 0 Å². The fraction of sp³-hybridized carbons (Fsp3) is 0.312. The van der Waals surface area contributed by atoms with Crippen molar-refractivity contribution in [2.45, 2.75) is 12.5 Å². The van der Waals surface area contributed by atoms with Crippen LogP contribution in [0.2, 0.25) is 0 Å². The summed E-state index contributed by atoms with van der Waals surface area (Å²) < 4.78 is 6.80. The average molecular weight is 348 g/mol. The Hall–Kier alpha value is -1.75.